The fraction of sp³-hybridized carbons (Fsp3) is 0.958. The van der Waals surface area contributed by atoms with Crippen LogP contribution in [0.2, 0.25) is 0 Å². The fourth-order valence-corrected chi connectivity index (χ4v) is 3.71. The maximum Gasteiger partial charge on any atom is 0.460 e. The normalized spacial score (nSPS) is 12.6. The monoisotopic (exact) mass is 588 g/mol. The van der Waals surface area contributed by atoms with Crippen molar-refractivity contribution in [3.63, 3.8) is 0 Å². The molecule has 0 saturated carbocycles. The molecule has 212 valence electrons. The molecule has 0 unspecified atom stereocenters. The van der Waals surface area contributed by atoms with Crippen LogP contribution in [0.5, 0.6) is 0 Å². The average Bonchev–Trinajstić information content (AvgIpc) is 2.73. The molecule has 1 amide bonds. The Balaban J connectivity index is 0. The summed E-state index contributed by atoms with van der Waals surface area (Å²) in [6, 6.07) is 0. The minimum absolute atomic E-state index is 0. The molecule has 0 aromatic rings. The molecule has 2 N–H and O–H groups in total. The van der Waals surface area contributed by atoms with E-state index in [0.29, 0.717) is 6.42 Å². The Morgan fingerprint density at radius 1 is 0.600 bits per heavy atom. The van der Waals surface area contributed by atoms with Gasteiger partial charge in [0.2, 0.25) is 0 Å². The van der Waals surface area contributed by atoms with Crippen molar-refractivity contribution < 1.29 is 57.4 Å². The second-order valence-electron chi connectivity index (χ2n) is 9.52. The van der Waals surface area contributed by atoms with Crippen LogP contribution in [0.3, 0.4) is 0 Å². The van der Waals surface area contributed by atoms with E-state index in [9.17, 15) is 35.5 Å². The summed E-state index contributed by atoms with van der Waals surface area (Å²) in [6.07, 6.45) is 11.0. The highest BCUT2D eigenvalue weighted by Crippen LogP contribution is 2.46. The van der Waals surface area contributed by atoms with Crippen molar-refractivity contribution in [1.29, 1.82) is 0 Å². The Bertz CT molecular complexity index is 532. The Kier molecular flexibility index (Phi) is 20.4. The number of amides is 1. The van der Waals surface area contributed by atoms with Gasteiger partial charge in [0.15, 0.2) is 0 Å². The third-order valence-corrected chi connectivity index (χ3v) is 5.92. The van der Waals surface area contributed by atoms with E-state index in [1.54, 1.807) is 0 Å². The van der Waals surface area contributed by atoms with Gasteiger partial charge in [-0.05, 0) is 19.3 Å². The van der Waals surface area contributed by atoms with Crippen molar-refractivity contribution in [2.45, 2.75) is 121 Å². The van der Waals surface area contributed by atoms with Crippen LogP contribution in [-0.4, -0.2) is 51.1 Å². The molecule has 0 atom stereocenters. The van der Waals surface area contributed by atoms with E-state index in [4.69, 9.17) is 0 Å². The van der Waals surface area contributed by atoms with E-state index in [2.05, 4.69) is 14.1 Å². The molecule has 0 spiro atoms. The van der Waals surface area contributed by atoms with Gasteiger partial charge in [0.25, 0.3) is 5.91 Å². The summed E-state index contributed by atoms with van der Waals surface area (Å²) in [4.78, 5) is 12.6. The zero-order chi connectivity index (χ0) is 26.1. The van der Waals surface area contributed by atoms with Crippen LogP contribution in [0.15, 0.2) is 0 Å². The number of alkyl halides is 7. The molecule has 0 radical (unpaired) electrons. The van der Waals surface area contributed by atoms with Crippen LogP contribution in [-0.2, 0) is 4.79 Å². The number of nitrogens with one attached hydrogen (secondary N) is 2. The van der Waals surface area contributed by atoms with Crippen molar-refractivity contribution in [3.05, 3.63) is 0 Å². The summed E-state index contributed by atoms with van der Waals surface area (Å²) >= 11 is 0. The Hall–Kier alpha value is -0.580. The zero-order valence-corrected chi connectivity index (χ0v) is 22.7. The minimum Gasteiger partial charge on any atom is -1.00 e. The Labute approximate surface area is 216 Å². The molecular weight excluding hydrogens is 545 g/mol. The number of rotatable bonds is 21. The van der Waals surface area contributed by atoms with Crippen molar-refractivity contribution in [3.8, 4) is 0 Å². The Morgan fingerprint density at radius 2 is 0.914 bits per heavy atom. The van der Waals surface area contributed by atoms with Crippen LogP contribution >= 0.6 is 0 Å². The Morgan fingerprint density at radius 3 is 1.23 bits per heavy atom. The first kappa shape index (κ1) is 36.6. The van der Waals surface area contributed by atoms with Crippen molar-refractivity contribution in [1.82, 2.24) is 5.32 Å². The van der Waals surface area contributed by atoms with Crippen LogP contribution in [0.25, 0.3) is 0 Å². The summed E-state index contributed by atoms with van der Waals surface area (Å²) in [6.45, 7) is 0.886. The number of carbonyl (C=O) groups is 1. The van der Waals surface area contributed by atoms with Gasteiger partial charge >= 0.3 is 18.0 Å². The van der Waals surface area contributed by atoms with Gasteiger partial charge < -0.3 is 27.2 Å². The van der Waals surface area contributed by atoms with Crippen molar-refractivity contribution in [2.24, 2.45) is 0 Å². The number of quaternary nitrogens is 1. The van der Waals surface area contributed by atoms with Gasteiger partial charge in [-0.3, -0.25) is 4.79 Å². The summed E-state index contributed by atoms with van der Waals surface area (Å²) in [5.74, 6) is -14.8. The highest BCUT2D eigenvalue weighted by Gasteiger charge is 2.76. The topological polar surface area (TPSA) is 33.5 Å². The SMILES string of the molecule is C[NH+](C)CCCCCCCCCCCCCCCCCCNC(=O)C(F)(F)C(F)(F)C(F)(F)F.[Br-]. The number of halogens is 8. The molecule has 0 aliphatic carbocycles. The molecule has 11 heteroatoms. The summed E-state index contributed by atoms with van der Waals surface area (Å²) < 4.78 is 88.0. The quantitative estimate of drug-likeness (QED) is 0.156. The molecule has 0 fully saturated rings. The summed E-state index contributed by atoms with van der Waals surface area (Å²) in [7, 11) is 4.37. The molecule has 0 saturated heterocycles. The highest BCUT2D eigenvalue weighted by atomic mass is 79.9. The lowest BCUT2D eigenvalue weighted by molar-refractivity contribution is -0.858. The van der Waals surface area contributed by atoms with E-state index in [1.165, 1.54) is 81.0 Å². The summed E-state index contributed by atoms with van der Waals surface area (Å²) in [5.41, 5.74) is 0. The largest absolute Gasteiger partial charge is 1.00 e. The molecule has 0 bridgehead atoms. The molecule has 3 nitrogen and oxygen atoms in total. The van der Waals surface area contributed by atoms with Gasteiger partial charge in [-0.2, -0.15) is 30.7 Å². The first-order valence-electron chi connectivity index (χ1n) is 12.7. The molecule has 0 aromatic heterocycles. The summed E-state index contributed by atoms with van der Waals surface area (Å²) in [5, 5.41) is 1.49. The third kappa shape index (κ3) is 16.0. The van der Waals surface area contributed by atoms with Crippen LogP contribution < -0.4 is 27.2 Å². The minimum atomic E-state index is -6.50. The molecule has 0 rings (SSSR count). The van der Waals surface area contributed by atoms with Crippen molar-refractivity contribution in [2.75, 3.05) is 27.2 Å². The zero-order valence-electron chi connectivity index (χ0n) is 21.2. The second-order valence-corrected chi connectivity index (χ2v) is 9.52. The lowest BCUT2D eigenvalue weighted by atomic mass is 10.0. The molecule has 0 aliphatic heterocycles. The van der Waals surface area contributed by atoms with Crippen LogP contribution in [0.4, 0.5) is 30.7 Å². The maximum atomic E-state index is 13.2. The molecular formula is C24H44BrF7N2O. The van der Waals surface area contributed by atoms with Gasteiger partial charge in [0.05, 0.1) is 20.6 Å². The molecule has 0 heterocycles. The van der Waals surface area contributed by atoms with Gasteiger partial charge in [-0.1, -0.05) is 83.5 Å². The lowest BCUT2D eigenvalue weighted by Crippen LogP contribution is -3.05. The third-order valence-electron chi connectivity index (χ3n) is 5.92. The smallest absolute Gasteiger partial charge is 0.460 e. The van der Waals surface area contributed by atoms with Crippen LogP contribution in [0.1, 0.15) is 103 Å². The van der Waals surface area contributed by atoms with E-state index in [0.717, 1.165) is 25.7 Å². The van der Waals surface area contributed by atoms with E-state index < -0.39 is 23.9 Å². The number of unbranched alkanes of at least 4 members (excludes halogenated alkanes) is 15. The molecule has 35 heavy (non-hydrogen) atoms. The van der Waals surface area contributed by atoms with Gasteiger partial charge in [-0.15, -0.1) is 0 Å². The first-order valence-corrected chi connectivity index (χ1v) is 12.7. The fourth-order valence-electron chi connectivity index (χ4n) is 3.71. The van der Waals surface area contributed by atoms with Gasteiger partial charge in [0, 0.05) is 6.54 Å². The van der Waals surface area contributed by atoms with Crippen LogP contribution in [0, 0.1) is 0 Å². The lowest BCUT2D eigenvalue weighted by Gasteiger charge is -2.27. The molecule has 0 aromatic carbocycles. The number of carbonyl (C=O) groups excluding carboxylic acids is 1. The molecule has 0 aliphatic rings. The van der Waals surface area contributed by atoms with E-state index in [-0.39, 0.29) is 29.9 Å². The van der Waals surface area contributed by atoms with E-state index >= 15 is 0 Å². The predicted octanol–water partition coefficient (Wildman–Crippen LogP) is 3.33. The average molecular weight is 590 g/mol. The van der Waals surface area contributed by atoms with Gasteiger partial charge in [-0.25, -0.2) is 0 Å². The van der Waals surface area contributed by atoms with E-state index in [1.807, 2.05) is 0 Å². The van der Waals surface area contributed by atoms with Gasteiger partial charge in [0.1, 0.15) is 0 Å². The first-order chi connectivity index (χ1) is 15.8. The highest BCUT2D eigenvalue weighted by molar-refractivity contribution is 5.84. The number of hydrogen-bond acceptors (Lipinski definition) is 1. The standard InChI is InChI=1S/C24H43F7N2O.BrH/c1-33(2)20-18-16-14-12-10-8-6-4-3-5-7-9-11-13-15-17-19-32-21(34)22(25,26)23(27,28)24(29,30)31;/h3-20H2,1-2H3,(H,32,34);1H. The maximum absolute atomic E-state index is 13.2. The van der Waals surface area contributed by atoms with Crippen molar-refractivity contribution >= 4 is 5.91 Å². The predicted molar refractivity (Wildman–Crippen MR) is 121 cm³/mol. The number of hydrogen-bond donors (Lipinski definition) is 2. The second kappa shape index (κ2) is 19.5.